The Morgan fingerprint density at radius 2 is 0.525 bits per heavy atom. The smallest absolute Gasteiger partial charge is 0.123 e. The highest BCUT2D eigenvalue weighted by Gasteiger charge is 2.32. The quantitative estimate of drug-likeness (QED) is 0.150. The van der Waals surface area contributed by atoms with E-state index in [1.807, 2.05) is 0 Å². The molecule has 0 aliphatic carbocycles. The fourth-order valence-electron chi connectivity index (χ4n) is 8.89. The Labute approximate surface area is 361 Å². The monoisotopic (exact) mass is 803 g/mol. The number of phenolic OH excluding ortho intramolecular Hbond substituents is 3. The zero-order valence-electron chi connectivity index (χ0n) is 41.3. The first-order chi connectivity index (χ1) is 26.7. The molecule has 3 N–H and O–H groups in total. The first kappa shape index (κ1) is 48.0. The number of hydrogen-bond acceptors (Lipinski definition) is 3. The molecule has 0 aliphatic heterocycles. The molecule has 0 radical (unpaired) electrons. The predicted octanol–water partition coefficient (Wildman–Crippen LogP) is 15.1. The molecule has 3 nitrogen and oxygen atoms in total. The highest BCUT2D eigenvalue weighted by atomic mass is 16.3. The molecule has 0 saturated carbocycles. The normalized spacial score (nSPS) is 13.4. The van der Waals surface area contributed by atoms with Crippen LogP contribution in [-0.4, -0.2) is 15.3 Å². The summed E-state index contributed by atoms with van der Waals surface area (Å²) in [6, 6.07) is 13.5. The largest absolute Gasteiger partial charge is 0.507 e. The minimum Gasteiger partial charge on any atom is -0.507 e. The van der Waals surface area contributed by atoms with Crippen LogP contribution < -0.4 is 0 Å². The van der Waals surface area contributed by atoms with Crippen LogP contribution in [0.15, 0.2) is 36.4 Å². The molecule has 0 aliphatic rings. The van der Waals surface area contributed by atoms with Gasteiger partial charge in [0.05, 0.1) is 0 Å². The molecule has 3 heteroatoms. The second-order valence-electron chi connectivity index (χ2n) is 23.4. The van der Waals surface area contributed by atoms with Crippen molar-refractivity contribution in [1.29, 1.82) is 0 Å². The lowest BCUT2D eigenvalue weighted by Crippen LogP contribution is -2.21. The van der Waals surface area contributed by atoms with E-state index in [-0.39, 0.29) is 32.5 Å². The van der Waals surface area contributed by atoms with Crippen molar-refractivity contribution in [3.63, 3.8) is 0 Å². The van der Waals surface area contributed by atoms with Crippen LogP contribution in [0.2, 0.25) is 0 Å². The Morgan fingerprint density at radius 3 is 0.712 bits per heavy atom. The maximum absolute atomic E-state index is 11.9. The van der Waals surface area contributed by atoms with Crippen LogP contribution in [0.1, 0.15) is 221 Å². The first-order valence-corrected chi connectivity index (χ1v) is 22.4. The van der Waals surface area contributed by atoms with Crippen LogP contribution >= 0.6 is 0 Å². The Bertz CT molecular complexity index is 1980. The van der Waals surface area contributed by atoms with Gasteiger partial charge < -0.3 is 15.3 Å². The molecule has 0 spiro atoms. The summed E-state index contributed by atoms with van der Waals surface area (Å²) in [6.07, 6.45) is 4.10. The van der Waals surface area contributed by atoms with Crippen molar-refractivity contribution in [1.82, 2.24) is 0 Å². The lowest BCUT2D eigenvalue weighted by atomic mass is 9.73. The van der Waals surface area contributed by atoms with Crippen molar-refractivity contribution in [2.24, 2.45) is 0 Å². The molecule has 0 fully saturated rings. The zero-order chi connectivity index (χ0) is 45.2. The number of benzene rings is 4. The molecule has 0 aromatic heterocycles. The van der Waals surface area contributed by atoms with Crippen LogP contribution in [0.4, 0.5) is 0 Å². The third-order valence-electron chi connectivity index (χ3n) is 13.8. The van der Waals surface area contributed by atoms with E-state index in [4.69, 9.17) is 0 Å². The van der Waals surface area contributed by atoms with Crippen molar-refractivity contribution in [2.75, 3.05) is 0 Å². The molecule has 0 heterocycles. The van der Waals surface area contributed by atoms with Gasteiger partial charge in [0.25, 0.3) is 0 Å². The number of phenols is 3. The summed E-state index contributed by atoms with van der Waals surface area (Å²) in [4.78, 5) is 0. The second kappa shape index (κ2) is 16.3. The van der Waals surface area contributed by atoms with Crippen molar-refractivity contribution in [3.05, 3.63) is 120 Å². The van der Waals surface area contributed by atoms with Crippen molar-refractivity contribution < 1.29 is 15.3 Å². The Hall–Kier alpha value is -3.72. The van der Waals surface area contributed by atoms with E-state index in [1.54, 1.807) is 0 Å². The van der Waals surface area contributed by atoms with E-state index in [0.717, 1.165) is 65.5 Å². The van der Waals surface area contributed by atoms with Gasteiger partial charge in [0.2, 0.25) is 0 Å². The van der Waals surface area contributed by atoms with Crippen LogP contribution in [0.3, 0.4) is 0 Å². The van der Waals surface area contributed by atoms with Crippen LogP contribution in [0, 0.1) is 20.8 Å². The van der Waals surface area contributed by atoms with Crippen molar-refractivity contribution >= 4 is 0 Å². The van der Waals surface area contributed by atoms with Gasteiger partial charge >= 0.3 is 0 Å². The fraction of sp³-hybridized carbons (Fsp3) is 0.571. The summed E-state index contributed by atoms with van der Waals surface area (Å²) in [7, 11) is 0. The van der Waals surface area contributed by atoms with Gasteiger partial charge in [-0.15, -0.1) is 0 Å². The molecule has 59 heavy (non-hydrogen) atoms. The van der Waals surface area contributed by atoms with Gasteiger partial charge in [-0.3, -0.25) is 0 Å². The highest BCUT2D eigenvalue weighted by molar-refractivity contribution is 5.59. The topological polar surface area (TPSA) is 60.7 Å². The third-order valence-corrected chi connectivity index (χ3v) is 13.8. The van der Waals surface area contributed by atoms with E-state index in [9.17, 15) is 15.3 Å². The molecule has 0 atom stereocenters. The third kappa shape index (κ3) is 9.92. The standard InChI is InChI=1S/C56H82O3/c1-22-55(18,19)46-31-38(32-47(50(46)59)56(20,21)23-2)26-41-34(4)39(24-36-27-42(51(6,7)8)48(57)43(28-36)52(9,10)11)33(3)40(35(41)5)25-37-29-44(53(12,13)14)49(58)45(30-37)54(15,16)17/h27-32,57-59H,22-26H2,1-21H3. The summed E-state index contributed by atoms with van der Waals surface area (Å²) < 4.78 is 0. The lowest BCUT2D eigenvalue weighted by molar-refractivity contribution is 0.399. The molecule has 0 unspecified atom stereocenters. The summed E-state index contributed by atoms with van der Waals surface area (Å²) in [5, 5.41) is 35.2. The minimum atomic E-state index is -0.227. The zero-order valence-corrected chi connectivity index (χ0v) is 41.3. The number of aromatic hydroxyl groups is 3. The van der Waals surface area contributed by atoms with Crippen molar-refractivity contribution in [2.45, 2.75) is 210 Å². The molecule has 0 saturated heterocycles. The number of hydrogen-bond donors (Lipinski definition) is 3. The average Bonchev–Trinajstić information content (AvgIpc) is 3.09. The van der Waals surface area contributed by atoms with Crippen molar-refractivity contribution in [3.8, 4) is 17.2 Å². The maximum atomic E-state index is 11.9. The van der Waals surface area contributed by atoms with Crippen LogP contribution in [0.25, 0.3) is 0 Å². The van der Waals surface area contributed by atoms with E-state index in [0.29, 0.717) is 17.2 Å². The Kier molecular flexibility index (Phi) is 13.2. The Morgan fingerprint density at radius 1 is 0.339 bits per heavy atom. The van der Waals surface area contributed by atoms with Crippen LogP contribution in [-0.2, 0) is 51.8 Å². The maximum Gasteiger partial charge on any atom is 0.123 e. The van der Waals surface area contributed by atoms with E-state index in [1.165, 1.54) is 50.1 Å². The highest BCUT2D eigenvalue weighted by Crippen LogP contribution is 2.46. The summed E-state index contributed by atoms with van der Waals surface area (Å²) in [6.45, 7) is 46.6. The van der Waals surface area contributed by atoms with Gasteiger partial charge in [-0.1, -0.05) is 161 Å². The van der Waals surface area contributed by atoms with Gasteiger partial charge in [0.15, 0.2) is 0 Å². The average molecular weight is 803 g/mol. The second-order valence-corrected chi connectivity index (χ2v) is 23.4. The molecule has 4 aromatic rings. The molecule has 4 rings (SSSR count). The van der Waals surface area contributed by atoms with Gasteiger partial charge in [-0.2, -0.15) is 0 Å². The number of rotatable bonds is 10. The van der Waals surface area contributed by atoms with Gasteiger partial charge in [0, 0.05) is 11.1 Å². The van der Waals surface area contributed by atoms with E-state index < -0.39 is 0 Å². The molecule has 0 amide bonds. The molecule has 4 aromatic carbocycles. The summed E-state index contributed by atoms with van der Waals surface area (Å²) in [5.74, 6) is 1.26. The van der Waals surface area contributed by atoms with E-state index >= 15 is 0 Å². The summed E-state index contributed by atoms with van der Waals surface area (Å²) >= 11 is 0. The van der Waals surface area contributed by atoms with Gasteiger partial charge in [-0.25, -0.2) is 0 Å². The molecule has 324 valence electrons. The molecule has 0 bridgehead atoms. The predicted molar refractivity (Wildman–Crippen MR) is 255 cm³/mol. The van der Waals surface area contributed by atoms with Gasteiger partial charge in [0.1, 0.15) is 17.2 Å². The Balaban J connectivity index is 2.12. The van der Waals surface area contributed by atoms with Crippen LogP contribution in [0.5, 0.6) is 17.2 Å². The summed E-state index contributed by atoms with van der Waals surface area (Å²) in [5.41, 5.74) is 16.3. The first-order valence-electron chi connectivity index (χ1n) is 22.4. The fourth-order valence-corrected chi connectivity index (χ4v) is 8.89. The SMILES string of the molecule is CCC(C)(C)c1cc(Cc2c(C)c(Cc3cc(C(C)(C)C)c(O)c(C(C)(C)C)c3)c(C)c(Cc3cc(C(C)(C)C)c(O)c(C(C)(C)C)c3)c2C)cc(C(C)(C)CC)c1O. The minimum absolute atomic E-state index is 0.185. The van der Waals surface area contributed by atoms with E-state index in [2.05, 4.69) is 182 Å². The lowest BCUT2D eigenvalue weighted by Gasteiger charge is -2.32. The molecular weight excluding hydrogens is 721 g/mol. The van der Waals surface area contributed by atoms with Gasteiger partial charge in [-0.05, 0) is 158 Å². The molecular formula is C56H82O3.